The normalized spacial score (nSPS) is 20.1. The highest BCUT2D eigenvalue weighted by Crippen LogP contribution is 2.42. The maximum absolute atomic E-state index is 11.2. The van der Waals surface area contributed by atoms with Gasteiger partial charge in [0.25, 0.3) is 0 Å². The van der Waals surface area contributed by atoms with Gasteiger partial charge in [-0.15, -0.1) is 0 Å². The van der Waals surface area contributed by atoms with Crippen molar-refractivity contribution in [2.24, 2.45) is 0 Å². The quantitative estimate of drug-likeness (QED) is 0.472. The number of carbonyl (C=O) groups excluding carboxylic acids is 1. The van der Waals surface area contributed by atoms with Crippen LogP contribution in [-0.2, 0) is 18.9 Å². The Morgan fingerprint density at radius 3 is 1.77 bits per heavy atom. The van der Waals surface area contributed by atoms with Gasteiger partial charge in [-0.05, 0) is 0 Å². The molecule has 2 fully saturated rings. The second-order valence-electron chi connectivity index (χ2n) is 6.95. The summed E-state index contributed by atoms with van der Waals surface area (Å²) in [7, 11) is 1.00. The fraction of sp³-hybridized carbons (Fsp3) is 0.348. The van der Waals surface area contributed by atoms with E-state index in [-0.39, 0.29) is 19.3 Å². The van der Waals surface area contributed by atoms with E-state index < -0.39 is 12.3 Å². The lowest BCUT2D eigenvalue weighted by Gasteiger charge is -2.19. The fourth-order valence-corrected chi connectivity index (χ4v) is 3.63. The number of aliphatic hydroxyl groups excluding tert-OH is 1. The lowest BCUT2D eigenvalue weighted by Crippen LogP contribution is -2.21. The van der Waals surface area contributed by atoms with Crippen LogP contribution in [0.1, 0.15) is 0 Å². The van der Waals surface area contributed by atoms with E-state index in [1.807, 2.05) is 48.5 Å². The maximum atomic E-state index is 11.2. The van der Waals surface area contributed by atoms with Gasteiger partial charge >= 0.3 is 6.16 Å². The van der Waals surface area contributed by atoms with E-state index in [0.717, 1.165) is 40.2 Å². The predicted octanol–water partition coefficient (Wildman–Crippen LogP) is 3.27. The molecule has 1 N–H and O–H groups in total. The van der Waals surface area contributed by atoms with Crippen molar-refractivity contribution in [3.63, 3.8) is 0 Å². The topological polar surface area (TPSA) is 92.7 Å². The first-order valence-electron chi connectivity index (χ1n) is 9.96. The van der Waals surface area contributed by atoms with E-state index in [4.69, 9.17) is 33.5 Å². The van der Waals surface area contributed by atoms with Crippen molar-refractivity contribution in [1.29, 1.82) is 0 Å². The molecule has 2 aliphatic heterocycles. The molecule has 2 unspecified atom stereocenters. The van der Waals surface area contributed by atoms with Crippen molar-refractivity contribution in [3.8, 4) is 11.5 Å². The molecule has 3 aromatic rings. The van der Waals surface area contributed by atoms with Crippen molar-refractivity contribution in [2.75, 3.05) is 40.3 Å². The molecule has 2 heterocycles. The minimum atomic E-state index is -0.657. The summed E-state index contributed by atoms with van der Waals surface area (Å²) >= 11 is 0. The number of hydrogen-bond acceptors (Lipinski definition) is 8. The van der Waals surface area contributed by atoms with Gasteiger partial charge in [0.05, 0.1) is 6.61 Å². The van der Waals surface area contributed by atoms with Crippen LogP contribution in [-0.4, -0.2) is 63.8 Å². The van der Waals surface area contributed by atoms with E-state index in [9.17, 15) is 4.79 Å². The van der Waals surface area contributed by atoms with Crippen LogP contribution in [0.4, 0.5) is 4.79 Å². The number of rotatable bonds is 6. The van der Waals surface area contributed by atoms with Crippen LogP contribution in [0, 0.1) is 0 Å². The molecule has 0 aromatic heterocycles. The molecular formula is C23H24O8. The molecule has 2 saturated heterocycles. The Kier molecular flexibility index (Phi) is 6.71. The Bertz CT molecular complexity index is 987. The van der Waals surface area contributed by atoms with Crippen LogP contribution < -0.4 is 9.47 Å². The number of ether oxygens (including phenoxy) is 6. The van der Waals surface area contributed by atoms with Crippen molar-refractivity contribution >= 4 is 27.7 Å². The first-order chi connectivity index (χ1) is 15.3. The summed E-state index contributed by atoms with van der Waals surface area (Å²) in [5, 5.41) is 10.7. The van der Waals surface area contributed by atoms with Crippen LogP contribution in [0.3, 0.4) is 0 Å². The summed E-state index contributed by atoms with van der Waals surface area (Å²) in [5.41, 5.74) is 0. The van der Waals surface area contributed by atoms with Gasteiger partial charge in [0.15, 0.2) is 6.10 Å². The van der Waals surface area contributed by atoms with Crippen LogP contribution >= 0.6 is 0 Å². The van der Waals surface area contributed by atoms with Crippen LogP contribution in [0.2, 0.25) is 0 Å². The second-order valence-corrected chi connectivity index (χ2v) is 6.95. The van der Waals surface area contributed by atoms with E-state index in [0.29, 0.717) is 20.0 Å². The van der Waals surface area contributed by atoms with Gasteiger partial charge < -0.3 is 33.5 Å². The second kappa shape index (κ2) is 9.82. The Labute approximate surface area is 179 Å². The lowest BCUT2D eigenvalue weighted by atomic mass is 10.0. The van der Waals surface area contributed by atoms with Crippen LogP contribution in [0.15, 0.2) is 48.5 Å². The molecule has 0 bridgehead atoms. The molecule has 2 aliphatic rings. The molecule has 8 nitrogen and oxygen atoms in total. The Morgan fingerprint density at radius 1 is 0.839 bits per heavy atom. The Balaban J connectivity index is 0.00000112. The summed E-state index contributed by atoms with van der Waals surface area (Å²) in [6.45, 7) is 1.65. The summed E-state index contributed by atoms with van der Waals surface area (Å²) < 4.78 is 33.1. The van der Waals surface area contributed by atoms with Gasteiger partial charge in [0, 0.05) is 28.7 Å². The molecule has 0 aliphatic carbocycles. The zero-order chi connectivity index (χ0) is 21.6. The third kappa shape index (κ3) is 4.51. The van der Waals surface area contributed by atoms with E-state index in [2.05, 4.69) is 0 Å². The number of benzene rings is 3. The predicted molar refractivity (Wildman–Crippen MR) is 112 cm³/mol. The Morgan fingerprint density at radius 2 is 1.35 bits per heavy atom. The number of aliphatic hydroxyl groups is 1. The van der Waals surface area contributed by atoms with Gasteiger partial charge in [-0.25, -0.2) is 4.79 Å². The monoisotopic (exact) mass is 428 g/mol. The SMILES string of the molecule is CO.O=C1OCC(COc2c3ccccc3c(OCC3COCO3)c3ccccc23)O1. The minimum Gasteiger partial charge on any atom is -0.489 e. The van der Waals surface area contributed by atoms with Crippen molar-refractivity contribution in [1.82, 2.24) is 0 Å². The molecule has 164 valence electrons. The number of carbonyl (C=O) groups is 1. The van der Waals surface area contributed by atoms with Gasteiger partial charge in [-0.3, -0.25) is 0 Å². The number of hydrogen-bond donors (Lipinski definition) is 1. The highest BCUT2D eigenvalue weighted by atomic mass is 16.8. The molecule has 8 heteroatoms. The standard InChI is InChI=1S/C22H20O7.CH4O/c23-22-27-12-15(29-22)11-26-21-18-7-3-1-5-16(18)20(17-6-2-4-8-19(17)21)25-10-14-9-24-13-28-14;1-2/h1-8,14-15H,9-13H2;2H,1H3. The minimum absolute atomic E-state index is 0.0829. The van der Waals surface area contributed by atoms with Crippen molar-refractivity contribution in [2.45, 2.75) is 12.2 Å². The molecule has 0 spiro atoms. The number of fused-ring (bicyclic) bond motifs is 2. The first kappa shape index (κ1) is 21.2. The highest BCUT2D eigenvalue weighted by molar-refractivity contribution is 6.11. The fourth-order valence-electron chi connectivity index (χ4n) is 3.63. The first-order valence-corrected chi connectivity index (χ1v) is 9.96. The zero-order valence-electron chi connectivity index (χ0n) is 17.1. The average molecular weight is 428 g/mol. The smallest absolute Gasteiger partial charge is 0.489 e. The molecule has 0 amide bonds. The van der Waals surface area contributed by atoms with Crippen molar-refractivity contribution < 1.29 is 38.3 Å². The molecule has 3 aromatic carbocycles. The maximum Gasteiger partial charge on any atom is 0.508 e. The van der Waals surface area contributed by atoms with E-state index in [1.54, 1.807) is 0 Å². The molecule has 2 atom stereocenters. The zero-order valence-corrected chi connectivity index (χ0v) is 17.1. The van der Waals surface area contributed by atoms with E-state index >= 15 is 0 Å². The molecule has 5 rings (SSSR count). The Hall–Kier alpha value is -3.07. The third-order valence-corrected chi connectivity index (χ3v) is 5.00. The number of cyclic esters (lactones) is 2. The summed E-state index contributed by atoms with van der Waals surface area (Å²) in [6, 6.07) is 15.9. The lowest BCUT2D eigenvalue weighted by molar-refractivity contribution is 0.0324. The van der Waals surface area contributed by atoms with Crippen molar-refractivity contribution in [3.05, 3.63) is 48.5 Å². The van der Waals surface area contributed by atoms with Crippen LogP contribution in [0.5, 0.6) is 11.5 Å². The van der Waals surface area contributed by atoms with Gasteiger partial charge in [-0.1, -0.05) is 48.5 Å². The summed E-state index contributed by atoms with van der Waals surface area (Å²) in [5.74, 6) is 1.52. The van der Waals surface area contributed by atoms with Crippen LogP contribution in [0.25, 0.3) is 21.5 Å². The van der Waals surface area contributed by atoms with E-state index in [1.165, 1.54) is 0 Å². The van der Waals surface area contributed by atoms with Gasteiger partial charge in [0.2, 0.25) is 0 Å². The molecule has 0 saturated carbocycles. The average Bonchev–Trinajstić information content (AvgIpc) is 3.49. The van der Waals surface area contributed by atoms with Gasteiger partial charge in [-0.2, -0.15) is 0 Å². The highest BCUT2D eigenvalue weighted by Gasteiger charge is 2.26. The molecular weight excluding hydrogens is 404 g/mol. The summed E-state index contributed by atoms with van der Waals surface area (Å²) in [6.07, 6.45) is -1.16. The largest absolute Gasteiger partial charge is 0.508 e. The summed E-state index contributed by atoms with van der Waals surface area (Å²) in [4.78, 5) is 11.2. The van der Waals surface area contributed by atoms with Gasteiger partial charge in [0.1, 0.15) is 44.2 Å². The molecule has 31 heavy (non-hydrogen) atoms. The third-order valence-electron chi connectivity index (χ3n) is 5.00. The molecule has 0 radical (unpaired) electrons.